The van der Waals surface area contributed by atoms with Crippen molar-refractivity contribution < 1.29 is 0 Å². The van der Waals surface area contributed by atoms with Crippen molar-refractivity contribution in [2.24, 2.45) is 0 Å². The van der Waals surface area contributed by atoms with Crippen LogP contribution >= 0.6 is 15.9 Å². The van der Waals surface area contributed by atoms with Crippen molar-refractivity contribution in [2.75, 3.05) is 0 Å². The van der Waals surface area contributed by atoms with E-state index in [1.54, 1.807) is 6.33 Å². The third kappa shape index (κ3) is 1.04. The van der Waals surface area contributed by atoms with Crippen molar-refractivity contribution in [1.82, 2.24) is 15.0 Å². The van der Waals surface area contributed by atoms with Crippen LogP contribution in [0.25, 0.3) is 21.9 Å². The first-order chi connectivity index (χ1) is 6.84. The highest BCUT2D eigenvalue weighted by molar-refractivity contribution is 9.10. The quantitative estimate of drug-likeness (QED) is 0.664. The maximum atomic E-state index is 4.17. The van der Waals surface area contributed by atoms with Gasteiger partial charge in [-0.25, -0.2) is 9.97 Å². The number of hydrogen-bond acceptors (Lipinski definition) is 2. The van der Waals surface area contributed by atoms with Gasteiger partial charge in [-0.05, 0) is 18.2 Å². The SMILES string of the molecule is Brc1ccc2[nH]c3ncncc3c2c1. The van der Waals surface area contributed by atoms with E-state index < -0.39 is 0 Å². The van der Waals surface area contributed by atoms with E-state index in [-0.39, 0.29) is 0 Å². The lowest BCUT2D eigenvalue weighted by Crippen LogP contribution is -1.76. The van der Waals surface area contributed by atoms with Crippen LogP contribution in [0.5, 0.6) is 0 Å². The molecule has 0 amide bonds. The molecule has 1 aromatic carbocycles. The standard InChI is InChI=1S/C10H6BrN3/c11-6-1-2-9-7(3-6)8-4-12-5-13-10(8)14-9/h1-5H,(H,12,13,14). The highest BCUT2D eigenvalue weighted by Gasteiger charge is 2.04. The molecule has 3 aromatic rings. The van der Waals surface area contributed by atoms with E-state index in [0.717, 1.165) is 26.4 Å². The molecular weight excluding hydrogens is 242 g/mol. The minimum atomic E-state index is 0.883. The smallest absolute Gasteiger partial charge is 0.141 e. The molecule has 0 atom stereocenters. The summed E-state index contributed by atoms with van der Waals surface area (Å²) in [4.78, 5) is 11.4. The second kappa shape index (κ2) is 2.78. The highest BCUT2D eigenvalue weighted by atomic mass is 79.9. The molecule has 0 saturated carbocycles. The van der Waals surface area contributed by atoms with Crippen molar-refractivity contribution >= 4 is 37.9 Å². The van der Waals surface area contributed by atoms with Crippen molar-refractivity contribution in [2.45, 2.75) is 0 Å². The maximum absolute atomic E-state index is 4.17. The Bertz CT molecular complexity index is 615. The van der Waals surface area contributed by atoms with Crippen LogP contribution in [0.4, 0.5) is 0 Å². The summed E-state index contributed by atoms with van der Waals surface area (Å²) >= 11 is 3.45. The van der Waals surface area contributed by atoms with Crippen LogP contribution in [0.1, 0.15) is 0 Å². The first kappa shape index (κ1) is 7.94. The average molecular weight is 248 g/mol. The van der Waals surface area contributed by atoms with Gasteiger partial charge in [0.05, 0.1) is 0 Å². The molecule has 2 heterocycles. The first-order valence-corrected chi connectivity index (χ1v) is 5.01. The molecular formula is C10H6BrN3. The molecule has 3 rings (SSSR count). The molecule has 68 valence electrons. The second-order valence-corrected chi connectivity index (χ2v) is 4.02. The van der Waals surface area contributed by atoms with Gasteiger partial charge in [-0.15, -0.1) is 0 Å². The van der Waals surface area contributed by atoms with E-state index in [9.17, 15) is 0 Å². The highest BCUT2D eigenvalue weighted by Crippen LogP contribution is 2.25. The Hall–Kier alpha value is -1.42. The number of aromatic amines is 1. The van der Waals surface area contributed by atoms with Gasteiger partial charge < -0.3 is 4.98 Å². The van der Waals surface area contributed by atoms with Crippen LogP contribution < -0.4 is 0 Å². The Labute approximate surface area is 88.3 Å². The van der Waals surface area contributed by atoms with Crippen molar-refractivity contribution in [1.29, 1.82) is 0 Å². The lowest BCUT2D eigenvalue weighted by atomic mass is 10.2. The Morgan fingerprint density at radius 1 is 1.21 bits per heavy atom. The van der Waals surface area contributed by atoms with Gasteiger partial charge >= 0.3 is 0 Å². The van der Waals surface area contributed by atoms with Crippen LogP contribution in [0.2, 0.25) is 0 Å². The molecule has 1 N–H and O–H groups in total. The molecule has 0 bridgehead atoms. The maximum Gasteiger partial charge on any atom is 0.141 e. The molecule has 0 spiro atoms. The van der Waals surface area contributed by atoms with Crippen LogP contribution in [0.3, 0.4) is 0 Å². The Morgan fingerprint density at radius 2 is 2.14 bits per heavy atom. The van der Waals surface area contributed by atoms with Crippen LogP contribution in [0, 0.1) is 0 Å². The van der Waals surface area contributed by atoms with Gasteiger partial charge in [0.2, 0.25) is 0 Å². The number of H-pyrrole nitrogens is 1. The second-order valence-electron chi connectivity index (χ2n) is 3.10. The van der Waals surface area contributed by atoms with Crippen molar-refractivity contribution in [3.05, 3.63) is 35.2 Å². The van der Waals surface area contributed by atoms with E-state index in [0.29, 0.717) is 0 Å². The summed E-state index contributed by atoms with van der Waals surface area (Å²) in [5, 5.41) is 2.21. The largest absolute Gasteiger partial charge is 0.339 e. The van der Waals surface area contributed by atoms with Gasteiger partial charge in [0.1, 0.15) is 12.0 Å². The summed E-state index contributed by atoms with van der Waals surface area (Å²) in [5.74, 6) is 0. The summed E-state index contributed by atoms with van der Waals surface area (Å²) < 4.78 is 1.06. The number of fused-ring (bicyclic) bond motifs is 3. The van der Waals surface area contributed by atoms with Gasteiger partial charge in [0.25, 0.3) is 0 Å². The van der Waals surface area contributed by atoms with E-state index >= 15 is 0 Å². The van der Waals surface area contributed by atoms with Crippen molar-refractivity contribution in [3.63, 3.8) is 0 Å². The topological polar surface area (TPSA) is 41.6 Å². The monoisotopic (exact) mass is 247 g/mol. The molecule has 3 nitrogen and oxygen atoms in total. The van der Waals surface area contributed by atoms with Gasteiger partial charge in [-0.2, -0.15) is 0 Å². The van der Waals surface area contributed by atoms with Gasteiger partial charge in [0, 0.05) is 27.0 Å². The first-order valence-electron chi connectivity index (χ1n) is 4.21. The van der Waals surface area contributed by atoms with Gasteiger partial charge in [-0.3, -0.25) is 0 Å². The molecule has 0 aliphatic rings. The molecule has 4 heteroatoms. The summed E-state index contributed by atoms with van der Waals surface area (Å²) in [6, 6.07) is 6.10. The normalized spacial score (nSPS) is 11.2. The molecule has 0 aliphatic heterocycles. The molecule has 0 saturated heterocycles. The lowest BCUT2D eigenvalue weighted by molar-refractivity contribution is 1.21. The fourth-order valence-corrected chi connectivity index (χ4v) is 1.96. The number of benzene rings is 1. The summed E-state index contributed by atoms with van der Waals surface area (Å²) in [7, 11) is 0. The molecule has 2 aromatic heterocycles. The molecule has 0 fully saturated rings. The van der Waals surface area contributed by atoms with E-state index in [1.807, 2.05) is 18.3 Å². The zero-order valence-corrected chi connectivity index (χ0v) is 8.75. The van der Waals surface area contributed by atoms with Crippen LogP contribution in [-0.2, 0) is 0 Å². The zero-order valence-electron chi connectivity index (χ0n) is 7.16. The third-order valence-corrected chi connectivity index (χ3v) is 2.73. The predicted molar refractivity (Wildman–Crippen MR) is 59.1 cm³/mol. The van der Waals surface area contributed by atoms with E-state index in [2.05, 4.69) is 36.9 Å². The molecule has 0 radical (unpaired) electrons. The lowest BCUT2D eigenvalue weighted by Gasteiger charge is -1.90. The Balaban J connectivity index is 2.58. The van der Waals surface area contributed by atoms with E-state index in [1.165, 1.54) is 0 Å². The third-order valence-electron chi connectivity index (χ3n) is 2.24. The van der Waals surface area contributed by atoms with Gasteiger partial charge in [-0.1, -0.05) is 15.9 Å². The number of nitrogens with zero attached hydrogens (tertiary/aromatic N) is 2. The van der Waals surface area contributed by atoms with Crippen LogP contribution in [-0.4, -0.2) is 15.0 Å². The number of rotatable bonds is 0. The zero-order chi connectivity index (χ0) is 9.54. The number of halogens is 1. The number of aromatic nitrogens is 3. The number of hydrogen-bond donors (Lipinski definition) is 1. The van der Waals surface area contributed by atoms with Crippen molar-refractivity contribution in [3.8, 4) is 0 Å². The minimum absolute atomic E-state index is 0.883. The summed E-state index contributed by atoms with van der Waals surface area (Å²) in [5.41, 5.74) is 1.97. The number of nitrogens with one attached hydrogen (secondary N) is 1. The fourth-order valence-electron chi connectivity index (χ4n) is 1.60. The van der Waals surface area contributed by atoms with Gasteiger partial charge in [0.15, 0.2) is 0 Å². The Kier molecular flexibility index (Phi) is 1.58. The Morgan fingerprint density at radius 3 is 3.07 bits per heavy atom. The van der Waals surface area contributed by atoms with E-state index in [4.69, 9.17) is 0 Å². The predicted octanol–water partition coefficient (Wildman–Crippen LogP) is 2.87. The minimum Gasteiger partial charge on any atom is -0.339 e. The summed E-state index contributed by atoms with van der Waals surface area (Å²) in [6.45, 7) is 0. The fraction of sp³-hybridized carbons (Fsp3) is 0. The molecule has 14 heavy (non-hydrogen) atoms. The molecule has 0 unspecified atom stereocenters. The van der Waals surface area contributed by atoms with Crippen LogP contribution in [0.15, 0.2) is 35.2 Å². The summed E-state index contributed by atoms with van der Waals surface area (Å²) in [6.07, 6.45) is 3.38. The average Bonchev–Trinajstić information content (AvgIpc) is 2.56. The molecule has 0 aliphatic carbocycles.